The summed E-state index contributed by atoms with van der Waals surface area (Å²) < 4.78 is 5.64. The van der Waals surface area contributed by atoms with E-state index in [0.717, 1.165) is 39.0 Å². The summed E-state index contributed by atoms with van der Waals surface area (Å²) in [6, 6.07) is 0. The first-order valence-electron chi connectivity index (χ1n) is 9.17. The number of allylic oxidation sites excluding steroid dienone is 1. The number of hydrogen-bond acceptors (Lipinski definition) is 3. The molecule has 144 valence electrons. The number of amides is 1. The third-order valence-electron chi connectivity index (χ3n) is 4.52. The molecule has 1 fully saturated rings. The zero-order chi connectivity index (χ0) is 17.2. The Labute approximate surface area is 168 Å². The Kier molecular flexibility index (Phi) is 11.1. The highest BCUT2D eigenvalue weighted by Gasteiger charge is 2.16. The summed E-state index contributed by atoms with van der Waals surface area (Å²) in [6.07, 6.45) is 10.9. The normalized spacial score (nSPS) is 20.5. The third kappa shape index (κ3) is 8.89. The molecule has 2 rings (SSSR count). The summed E-state index contributed by atoms with van der Waals surface area (Å²) in [4.78, 5) is 17.7. The molecule has 1 unspecified atom stereocenters. The SMILES string of the molecule is CN(C)C(=O)CN=C(NCCC1=CCCCC1)NCC1CCCO1.I. The van der Waals surface area contributed by atoms with Gasteiger partial charge >= 0.3 is 0 Å². The van der Waals surface area contributed by atoms with Crippen LogP contribution < -0.4 is 10.6 Å². The molecule has 1 atom stereocenters. The van der Waals surface area contributed by atoms with Crippen LogP contribution in [-0.4, -0.2) is 63.2 Å². The van der Waals surface area contributed by atoms with E-state index in [1.807, 2.05) is 0 Å². The number of likely N-dealkylation sites (N-methyl/N-ethyl adjacent to an activating group) is 1. The predicted molar refractivity (Wildman–Crippen MR) is 113 cm³/mol. The van der Waals surface area contributed by atoms with Gasteiger partial charge < -0.3 is 20.3 Å². The number of guanidine groups is 1. The lowest BCUT2D eigenvalue weighted by molar-refractivity contribution is -0.127. The van der Waals surface area contributed by atoms with E-state index in [1.54, 1.807) is 19.0 Å². The molecule has 1 saturated heterocycles. The number of hydrogen-bond donors (Lipinski definition) is 2. The third-order valence-corrected chi connectivity index (χ3v) is 4.52. The van der Waals surface area contributed by atoms with Crippen molar-refractivity contribution in [2.45, 2.75) is 51.0 Å². The van der Waals surface area contributed by atoms with Crippen molar-refractivity contribution in [2.75, 3.05) is 40.3 Å². The van der Waals surface area contributed by atoms with Gasteiger partial charge in [0, 0.05) is 33.8 Å². The standard InChI is InChI=1S/C18H32N4O2.HI/c1-22(2)17(23)14-21-18(20-13-16-9-6-12-24-16)19-11-10-15-7-4-3-5-8-15;/h7,16H,3-6,8-14H2,1-2H3,(H2,19,20,21);1H. The van der Waals surface area contributed by atoms with Crippen molar-refractivity contribution in [1.82, 2.24) is 15.5 Å². The molecule has 1 heterocycles. The number of carbonyl (C=O) groups excluding carboxylic acids is 1. The molecule has 1 amide bonds. The molecule has 25 heavy (non-hydrogen) atoms. The molecule has 0 spiro atoms. The van der Waals surface area contributed by atoms with Crippen LogP contribution in [0.15, 0.2) is 16.6 Å². The van der Waals surface area contributed by atoms with Crippen molar-refractivity contribution >= 4 is 35.8 Å². The number of aliphatic imine (C=N–C) groups is 1. The van der Waals surface area contributed by atoms with E-state index >= 15 is 0 Å². The lowest BCUT2D eigenvalue weighted by Crippen LogP contribution is -2.42. The second-order valence-corrected chi connectivity index (χ2v) is 6.75. The molecule has 0 aromatic rings. The Morgan fingerprint density at radius 3 is 2.80 bits per heavy atom. The van der Waals surface area contributed by atoms with Crippen LogP contribution in [0.3, 0.4) is 0 Å². The minimum absolute atomic E-state index is 0. The maximum absolute atomic E-state index is 11.8. The summed E-state index contributed by atoms with van der Waals surface area (Å²) in [6.45, 7) is 2.60. The van der Waals surface area contributed by atoms with E-state index in [2.05, 4.69) is 21.7 Å². The van der Waals surface area contributed by atoms with Crippen molar-refractivity contribution in [1.29, 1.82) is 0 Å². The second-order valence-electron chi connectivity index (χ2n) is 6.75. The fourth-order valence-corrected chi connectivity index (χ4v) is 2.95. The summed E-state index contributed by atoms with van der Waals surface area (Å²) in [5.74, 6) is 0.709. The number of nitrogens with zero attached hydrogens (tertiary/aromatic N) is 2. The Bertz CT molecular complexity index is 460. The zero-order valence-corrected chi connectivity index (χ0v) is 17.9. The number of halogens is 1. The highest BCUT2D eigenvalue weighted by molar-refractivity contribution is 14.0. The molecule has 7 heteroatoms. The zero-order valence-electron chi connectivity index (χ0n) is 15.6. The highest BCUT2D eigenvalue weighted by Crippen LogP contribution is 2.19. The Hall–Kier alpha value is -0.830. The maximum atomic E-state index is 11.8. The number of ether oxygens (including phenoxy) is 1. The van der Waals surface area contributed by atoms with Crippen LogP contribution >= 0.6 is 24.0 Å². The lowest BCUT2D eigenvalue weighted by Gasteiger charge is -2.17. The van der Waals surface area contributed by atoms with Gasteiger partial charge in [-0.25, -0.2) is 4.99 Å². The molecular weight excluding hydrogens is 431 g/mol. The largest absolute Gasteiger partial charge is 0.376 e. The van der Waals surface area contributed by atoms with Gasteiger partial charge in [0.2, 0.25) is 5.91 Å². The molecule has 2 aliphatic rings. The summed E-state index contributed by atoms with van der Waals surface area (Å²) in [5.41, 5.74) is 1.54. The van der Waals surface area contributed by atoms with Gasteiger partial charge in [-0.1, -0.05) is 11.6 Å². The van der Waals surface area contributed by atoms with Crippen LogP contribution in [0, 0.1) is 0 Å². The molecule has 0 aromatic carbocycles. The molecule has 0 bridgehead atoms. The Morgan fingerprint density at radius 2 is 2.16 bits per heavy atom. The van der Waals surface area contributed by atoms with Gasteiger partial charge in [-0.2, -0.15) is 0 Å². The van der Waals surface area contributed by atoms with Gasteiger partial charge in [0.05, 0.1) is 6.10 Å². The van der Waals surface area contributed by atoms with Crippen LogP contribution in [0.2, 0.25) is 0 Å². The van der Waals surface area contributed by atoms with E-state index in [9.17, 15) is 4.79 Å². The Balaban J connectivity index is 0.00000312. The molecule has 1 aliphatic heterocycles. The molecule has 1 aliphatic carbocycles. The summed E-state index contributed by atoms with van der Waals surface area (Å²) in [7, 11) is 3.50. The molecule has 0 radical (unpaired) electrons. The average molecular weight is 464 g/mol. The fraction of sp³-hybridized carbons (Fsp3) is 0.778. The quantitative estimate of drug-likeness (QED) is 0.263. The summed E-state index contributed by atoms with van der Waals surface area (Å²) >= 11 is 0. The number of nitrogens with one attached hydrogen (secondary N) is 2. The maximum Gasteiger partial charge on any atom is 0.243 e. The van der Waals surface area contributed by atoms with Crippen molar-refractivity contribution in [3.63, 3.8) is 0 Å². The van der Waals surface area contributed by atoms with Crippen molar-refractivity contribution in [3.8, 4) is 0 Å². The number of rotatable bonds is 7. The first-order chi connectivity index (χ1) is 11.6. The Morgan fingerprint density at radius 1 is 1.32 bits per heavy atom. The molecular formula is C18H33IN4O2. The lowest BCUT2D eigenvalue weighted by atomic mass is 9.97. The van der Waals surface area contributed by atoms with Crippen LogP contribution in [-0.2, 0) is 9.53 Å². The molecule has 0 saturated carbocycles. The predicted octanol–water partition coefficient (Wildman–Crippen LogP) is 2.30. The summed E-state index contributed by atoms with van der Waals surface area (Å²) in [5, 5.41) is 6.67. The van der Waals surface area contributed by atoms with E-state index in [-0.39, 0.29) is 42.5 Å². The highest BCUT2D eigenvalue weighted by atomic mass is 127. The molecule has 2 N–H and O–H groups in total. The fourth-order valence-electron chi connectivity index (χ4n) is 2.95. The monoisotopic (exact) mass is 464 g/mol. The topological polar surface area (TPSA) is 66.0 Å². The molecule has 0 aromatic heterocycles. The van der Waals surface area contributed by atoms with E-state index < -0.39 is 0 Å². The molecule has 6 nitrogen and oxygen atoms in total. The van der Waals surface area contributed by atoms with Gasteiger partial charge in [-0.15, -0.1) is 24.0 Å². The minimum atomic E-state index is 0. The van der Waals surface area contributed by atoms with Crippen molar-refractivity contribution in [2.24, 2.45) is 4.99 Å². The van der Waals surface area contributed by atoms with Crippen molar-refractivity contribution in [3.05, 3.63) is 11.6 Å². The van der Waals surface area contributed by atoms with Gasteiger partial charge in [-0.3, -0.25) is 4.79 Å². The van der Waals surface area contributed by atoms with Gasteiger partial charge in [0.15, 0.2) is 5.96 Å². The second kappa shape index (κ2) is 12.5. The number of carbonyl (C=O) groups is 1. The first-order valence-corrected chi connectivity index (χ1v) is 9.17. The average Bonchev–Trinajstić information content (AvgIpc) is 3.10. The van der Waals surface area contributed by atoms with Crippen molar-refractivity contribution < 1.29 is 9.53 Å². The van der Waals surface area contributed by atoms with Crippen LogP contribution in [0.4, 0.5) is 0 Å². The smallest absolute Gasteiger partial charge is 0.243 e. The van der Waals surface area contributed by atoms with Crippen LogP contribution in [0.25, 0.3) is 0 Å². The first kappa shape index (κ1) is 22.2. The van der Waals surface area contributed by atoms with Gasteiger partial charge in [0.1, 0.15) is 6.54 Å². The van der Waals surface area contributed by atoms with Gasteiger partial charge in [0.25, 0.3) is 0 Å². The van der Waals surface area contributed by atoms with E-state index in [4.69, 9.17) is 4.74 Å². The van der Waals surface area contributed by atoms with E-state index in [0.29, 0.717) is 5.96 Å². The van der Waals surface area contributed by atoms with Crippen LogP contribution in [0.5, 0.6) is 0 Å². The van der Waals surface area contributed by atoms with Crippen LogP contribution in [0.1, 0.15) is 44.9 Å². The minimum Gasteiger partial charge on any atom is -0.376 e. The van der Waals surface area contributed by atoms with E-state index in [1.165, 1.54) is 31.3 Å². The van der Waals surface area contributed by atoms with Gasteiger partial charge in [-0.05, 0) is 44.9 Å².